The van der Waals surface area contributed by atoms with Crippen LogP contribution < -0.4 is 0 Å². The van der Waals surface area contributed by atoms with Gasteiger partial charge in [0, 0.05) is 13.7 Å². The zero-order valence-corrected chi connectivity index (χ0v) is 11.3. The third kappa shape index (κ3) is 3.55. The maximum absolute atomic E-state index is 11.6. The van der Waals surface area contributed by atoms with Crippen LogP contribution in [0.3, 0.4) is 0 Å². The van der Waals surface area contributed by atoms with Crippen molar-refractivity contribution in [2.75, 3.05) is 26.8 Å². The zero-order valence-electron chi connectivity index (χ0n) is 11.3. The summed E-state index contributed by atoms with van der Waals surface area (Å²) in [6.07, 6.45) is 2.15. The molecule has 1 aliphatic rings. The fraction of sp³-hybridized carbons (Fsp3) is 0.533. The topological polar surface area (TPSA) is 49.8 Å². The number of piperidine rings is 1. The molecule has 0 aromatic heterocycles. The first-order valence-corrected chi connectivity index (χ1v) is 6.73. The quantitative estimate of drug-likeness (QED) is 0.884. The van der Waals surface area contributed by atoms with Gasteiger partial charge in [0.25, 0.3) is 0 Å². The van der Waals surface area contributed by atoms with E-state index in [4.69, 9.17) is 4.74 Å². The molecule has 1 aliphatic heterocycles. The molecule has 104 valence electrons. The summed E-state index contributed by atoms with van der Waals surface area (Å²) >= 11 is 0. The second-order valence-electron chi connectivity index (χ2n) is 5.11. The van der Waals surface area contributed by atoms with Crippen LogP contribution in [0, 0.1) is 5.92 Å². The molecule has 1 heterocycles. The van der Waals surface area contributed by atoms with Gasteiger partial charge in [-0.2, -0.15) is 0 Å². The van der Waals surface area contributed by atoms with Gasteiger partial charge in [-0.1, -0.05) is 30.3 Å². The molecule has 2 atom stereocenters. The van der Waals surface area contributed by atoms with Crippen LogP contribution in [0.25, 0.3) is 0 Å². The van der Waals surface area contributed by atoms with Gasteiger partial charge in [-0.3, -0.25) is 9.69 Å². The Labute approximate surface area is 114 Å². The molecule has 1 fully saturated rings. The van der Waals surface area contributed by atoms with E-state index in [2.05, 4.69) is 4.90 Å². The molecule has 2 rings (SSSR count). The number of carboxylic acids is 1. The Morgan fingerprint density at radius 3 is 2.84 bits per heavy atom. The molecule has 19 heavy (non-hydrogen) atoms. The molecule has 1 aromatic carbocycles. The Balaban J connectivity index is 2.13. The van der Waals surface area contributed by atoms with Crippen LogP contribution in [0.4, 0.5) is 0 Å². The standard InChI is InChI=1S/C15H21NO3/c1-19-11-12-6-5-9-16(10-12)14(15(17)18)13-7-3-2-4-8-13/h2-4,7-8,12,14H,5-6,9-11H2,1H3,(H,17,18). The number of nitrogens with zero attached hydrogens (tertiary/aromatic N) is 1. The number of methoxy groups -OCH3 is 1. The maximum atomic E-state index is 11.6. The third-order valence-electron chi connectivity index (χ3n) is 3.67. The normalized spacial score (nSPS) is 22.1. The zero-order chi connectivity index (χ0) is 13.7. The van der Waals surface area contributed by atoms with Crippen LogP contribution in [0.1, 0.15) is 24.4 Å². The molecule has 4 heteroatoms. The lowest BCUT2D eigenvalue weighted by molar-refractivity contribution is -0.144. The van der Waals surface area contributed by atoms with E-state index in [-0.39, 0.29) is 0 Å². The van der Waals surface area contributed by atoms with Crippen molar-refractivity contribution >= 4 is 5.97 Å². The van der Waals surface area contributed by atoms with Gasteiger partial charge in [-0.05, 0) is 30.9 Å². The van der Waals surface area contributed by atoms with E-state index in [1.54, 1.807) is 7.11 Å². The maximum Gasteiger partial charge on any atom is 0.325 e. The van der Waals surface area contributed by atoms with Gasteiger partial charge in [0.05, 0.1) is 6.61 Å². The summed E-state index contributed by atoms with van der Waals surface area (Å²) < 4.78 is 5.20. The van der Waals surface area contributed by atoms with Crippen molar-refractivity contribution in [3.63, 3.8) is 0 Å². The molecule has 0 spiro atoms. The Morgan fingerprint density at radius 1 is 1.47 bits per heavy atom. The van der Waals surface area contributed by atoms with Gasteiger partial charge < -0.3 is 9.84 Å². The van der Waals surface area contributed by atoms with E-state index in [9.17, 15) is 9.90 Å². The molecule has 4 nitrogen and oxygen atoms in total. The van der Waals surface area contributed by atoms with E-state index >= 15 is 0 Å². The number of benzene rings is 1. The van der Waals surface area contributed by atoms with E-state index in [1.807, 2.05) is 30.3 Å². The average Bonchev–Trinajstić information content (AvgIpc) is 2.40. The van der Waals surface area contributed by atoms with Crippen molar-refractivity contribution in [2.45, 2.75) is 18.9 Å². The highest BCUT2D eigenvalue weighted by atomic mass is 16.5. The van der Waals surface area contributed by atoms with Crippen molar-refractivity contribution < 1.29 is 14.6 Å². The number of hydrogen-bond acceptors (Lipinski definition) is 3. The lowest BCUT2D eigenvalue weighted by atomic mass is 9.95. The van der Waals surface area contributed by atoms with Gasteiger partial charge in [0.15, 0.2) is 0 Å². The first-order chi connectivity index (χ1) is 9.22. The fourth-order valence-electron chi connectivity index (χ4n) is 2.85. The number of carboxylic acid groups (broad SMARTS) is 1. The molecular formula is C15H21NO3. The lowest BCUT2D eigenvalue weighted by Crippen LogP contribution is -2.42. The lowest BCUT2D eigenvalue weighted by Gasteiger charge is -2.36. The van der Waals surface area contributed by atoms with Crippen LogP contribution in [0.2, 0.25) is 0 Å². The fourth-order valence-corrected chi connectivity index (χ4v) is 2.85. The molecule has 0 radical (unpaired) electrons. The molecule has 1 aromatic rings. The van der Waals surface area contributed by atoms with Gasteiger partial charge in [-0.15, -0.1) is 0 Å². The first-order valence-electron chi connectivity index (χ1n) is 6.73. The predicted octanol–water partition coefficient (Wildman–Crippen LogP) is 2.17. The Hall–Kier alpha value is -1.39. The SMILES string of the molecule is COCC1CCCN(C(C(=O)O)c2ccccc2)C1. The number of rotatable bonds is 5. The number of likely N-dealkylation sites (tertiary alicyclic amines) is 1. The van der Waals surface area contributed by atoms with Crippen molar-refractivity contribution in [1.82, 2.24) is 4.90 Å². The number of aliphatic carboxylic acids is 1. The summed E-state index contributed by atoms with van der Waals surface area (Å²) in [6, 6.07) is 8.92. The Kier molecular flexibility index (Phi) is 4.93. The number of ether oxygens (including phenoxy) is 1. The predicted molar refractivity (Wildman–Crippen MR) is 73.0 cm³/mol. The second-order valence-corrected chi connectivity index (χ2v) is 5.11. The summed E-state index contributed by atoms with van der Waals surface area (Å²) in [6.45, 7) is 2.34. The number of carbonyl (C=O) groups is 1. The van der Waals surface area contributed by atoms with Crippen LogP contribution in [-0.4, -0.2) is 42.8 Å². The minimum absolute atomic E-state index is 0.435. The monoisotopic (exact) mass is 263 g/mol. The third-order valence-corrected chi connectivity index (χ3v) is 3.67. The highest BCUT2D eigenvalue weighted by molar-refractivity contribution is 5.75. The van der Waals surface area contributed by atoms with Crippen LogP contribution in [0.15, 0.2) is 30.3 Å². The van der Waals surface area contributed by atoms with Gasteiger partial charge in [0.2, 0.25) is 0 Å². The Morgan fingerprint density at radius 2 is 2.21 bits per heavy atom. The largest absolute Gasteiger partial charge is 0.480 e. The molecular weight excluding hydrogens is 242 g/mol. The van der Waals surface area contributed by atoms with Gasteiger partial charge >= 0.3 is 5.97 Å². The summed E-state index contributed by atoms with van der Waals surface area (Å²) in [4.78, 5) is 13.7. The minimum atomic E-state index is -0.774. The van der Waals surface area contributed by atoms with Gasteiger partial charge in [-0.25, -0.2) is 0 Å². The van der Waals surface area contributed by atoms with Crippen LogP contribution in [-0.2, 0) is 9.53 Å². The second kappa shape index (κ2) is 6.68. The molecule has 0 amide bonds. The summed E-state index contributed by atoms with van der Waals surface area (Å²) in [5, 5.41) is 9.52. The van der Waals surface area contributed by atoms with E-state index in [1.165, 1.54) is 0 Å². The molecule has 0 aliphatic carbocycles. The van der Waals surface area contributed by atoms with Crippen molar-refractivity contribution in [2.24, 2.45) is 5.92 Å². The first kappa shape index (κ1) is 14.0. The van der Waals surface area contributed by atoms with Crippen LogP contribution >= 0.6 is 0 Å². The molecule has 0 bridgehead atoms. The minimum Gasteiger partial charge on any atom is -0.480 e. The summed E-state index contributed by atoms with van der Waals surface area (Å²) in [7, 11) is 1.70. The van der Waals surface area contributed by atoms with E-state index < -0.39 is 12.0 Å². The van der Waals surface area contributed by atoms with Crippen molar-refractivity contribution in [3.8, 4) is 0 Å². The highest BCUT2D eigenvalue weighted by Crippen LogP contribution is 2.27. The van der Waals surface area contributed by atoms with E-state index in [0.717, 1.165) is 31.5 Å². The van der Waals surface area contributed by atoms with E-state index in [0.29, 0.717) is 12.5 Å². The smallest absolute Gasteiger partial charge is 0.325 e. The van der Waals surface area contributed by atoms with Crippen LogP contribution in [0.5, 0.6) is 0 Å². The summed E-state index contributed by atoms with van der Waals surface area (Å²) in [5.74, 6) is -0.339. The molecule has 2 unspecified atom stereocenters. The summed E-state index contributed by atoms with van der Waals surface area (Å²) in [5.41, 5.74) is 0.855. The molecule has 1 N–H and O–H groups in total. The van der Waals surface area contributed by atoms with Gasteiger partial charge in [0.1, 0.15) is 6.04 Å². The average molecular weight is 263 g/mol. The molecule has 0 saturated carbocycles. The van der Waals surface area contributed by atoms with Crippen molar-refractivity contribution in [1.29, 1.82) is 0 Å². The highest BCUT2D eigenvalue weighted by Gasteiger charge is 2.31. The van der Waals surface area contributed by atoms with Crippen molar-refractivity contribution in [3.05, 3.63) is 35.9 Å². The molecule has 1 saturated heterocycles. The number of hydrogen-bond donors (Lipinski definition) is 1. The Bertz CT molecular complexity index is 405.